The molecule has 0 fully saturated rings. The molecule has 2 N–H and O–H groups in total. The number of aromatic nitrogens is 4. The first-order valence-corrected chi connectivity index (χ1v) is 9.20. The van der Waals surface area contributed by atoms with E-state index in [1.54, 1.807) is 23.2 Å². The lowest BCUT2D eigenvalue weighted by Crippen LogP contribution is -2.35. The number of pyridine rings is 1. The molecular formula is C18H14F2N6OS. The highest BCUT2D eigenvalue weighted by atomic mass is 32.2. The van der Waals surface area contributed by atoms with Gasteiger partial charge in [0, 0.05) is 28.6 Å². The molecule has 0 spiro atoms. The number of benzene rings is 1. The number of aromatic amines is 1. The van der Waals surface area contributed by atoms with E-state index < -0.39 is 17.5 Å². The highest BCUT2D eigenvalue weighted by molar-refractivity contribution is 7.99. The number of amides is 1. The smallest absolute Gasteiger partial charge is 0.249 e. The molecule has 0 saturated heterocycles. The summed E-state index contributed by atoms with van der Waals surface area (Å²) in [6, 6.07) is 7.54. The largest absolute Gasteiger partial charge is 0.334 e. The van der Waals surface area contributed by atoms with Crippen LogP contribution in [0.1, 0.15) is 0 Å². The standard InChI is InChI=1S/C18H14F2N6OS/c1-10-9-28-15-7-12(20)11(19)6-14(15)26(10)8-16(27)22-18-23-17(24-25-18)13-4-2-3-5-21-13/h2-7H,1,8-9H2,(H2,22,23,24,25,27). The van der Waals surface area contributed by atoms with Gasteiger partial charge in [-0.3, -0.25) is 20.2 Å². The molecule has 0 saturated carbocycles. The molecule has 0 aliphatic carbocycles. The fraction of sp³-hybridized carbons (Fsp3) is 0.111. The van der Waals surface area contributed by atoms with Crippen LogP contribution < -0.4 is 10.2 Å². The van der Waals surface area contributed by atoms with Crippen molar-refractivity contribution in [2.45, 2.75) is 4.90 Å². The fourth-order valence-corrected chi connectivity index (χ4v) is 3.68. The van der Waals surface area contributed by atoms with E-state index in [1.165, 1.54) is 11.8 Å². The van der Waals surface area contributed by atoms with Gasteiger partial charge < -0.3 is 4.90 Å². The number of thioether (sulfide) groups is 1. The third kappa shape index (κ3) is 3.58. The zero-order chi connectivity index (χ0) is 19.7. The van der Waals surface area contributed by atoms with Crippen LogP contribution in [0.4, 0.5) is 20.4 Å². The number of carbonyl (C=O) groups is 1. The number of halogens is 2. The predicted octanol–water partition coefficient (Wildman–Crippen LogP) is 3.21. The number of nitrogens with one attached hydrogen (secondary N) is 2. The second-order valence-electron chi connectivity index (χ2n) is 5.95. The Kier molecular flexibility index (Phi) is 4.78. The van der Waals surface area contributed by atoms with Crippen LogP contribution in [-0.2, 0) is 4.79 Å². The van der Waals surface area contributed by atoms with Crippen LogP contribution in [0.2, 0.25) is 0 Å². The van der Waals surface area contributed by atoms with Crippen LogP contribution in [0.3, 0.4) is 0 Å². The van der Waals surface area contributed by atoms with Crippen LogP contribution in [0, 0.1) is 11.6 Å². The second-order valence-corrected chi connectivity index (χ2v) is 6.96. The Labute approximate surface area is 162 Å². The van der Waals surface area contributed by atoms with E-state index in [4.69, 9.17) is 0 Å². The van der Waals surface area contributed by atoms with Crippen molar-refractivity contribution >= 4 is 29.3 Å². The van der Waals surface area contributed by atoms with E-state index in [2.05, 4.69) is 32.1 Å². The molecule has 0 radical (unpaired) electrons. The highest BCUT2D eigenvalue weighted by Gasteiger charge is 2.25. The van der Waals surface area contributed by atoms with E-state index in [0.29, 0.717) is 33.6 Å². The molecule has 1 aliphatic heterocycles. The van der Waals surface area contributed by atoms with Crippen LogP contribution in [0.25, 0.3) is 11.5 Å². The normalized spacial score (nSPS) is 13.4. The van der Waals surface area contributed by atoms with Gasteiger partial charge in [0.1, 0.15) is 12.2 Å². The Morgan fingerprint density at radius 2 is 2.14 bits per heavy atom. The van der Waals surface area contributed by atoms with Crippen molar-refractivity contribution in [3.63, 3.8) is 0 Å². The topological polar surface area (TPSA) is 86.8 Å². The van der Waals surface area contributed by atoms with Gasteiger partial charge in [-0.1, -0.05) is 12.6 Å². The first-order chi connectivity index (χ1) is 13.5. The molecule has 28 heavy (non-hydrogen) atoms. The lowest BCUT2D eigenvalue weighted by Gasteiger charge is -2.32. The van der Waals surface area contributed by atoms with E-state index in [9.17, 15) is 13.6 Å². The van der Waals surface area contributed by atoms with E-state index in [-0.39, 0.29) is 12.5 Å². The van der Waals surface area contributed by atoms with E-state index >= 15 is 0 Å². The molecule has 0 atom stereocenters. The maximum Gasteiger partial charge on any atom is 0.249 e. The van der Waals surface area contributed by atoms with Crippen molar-refractivity contribution in [3.05, 3.63) is 60.4 Å². The van der Waals surface area contributed by atoms with Gasteiger partial charge in [-0.15, -0.1) is 16.9 Å². The molecule has 10 heteroatoms. The van der Waals surface area contributed by atoms with Crippen molar-refractivity contribution in [2.75, 3.05) is 22.5 Å². The van der Waals surface area contributed by atoms with Crippen LogP contribution in [0.5, 0.6) is 0 Å². The second kappa shape index (κ2) is 7.39. The van der Waals surface area contributed by atoms with Crippen LogP contribution in [0.15, 0.2) is 53.7 Å². The van der Waals surface area contributed by atoms with Gasteiger partial charge >= 0.3 is 0 Å². The number of rotatable bonds is 4. The lowest BCUT2D eigenvalue weighted by molar-refractivity contribution is -0.115. The number of anilines is 2. The Hall–Kier alpha value is -3.27. The average Bonchev–Trinajstić information content (AvgIpc) is 3.15. The monoisotopic (exact) mass is 400 g/mol. The van der Waals surface area contributed by atoms with Gasteiger partial charge in [-0.2, -0.15) is 4.98 Å². The van der Waals surface area contributed by atoms with E-state index in [0.717, 1.165) is 12.1 Å². The van der Waals surface area contributed by atoms with Gasteiger partial charge in [0.25, 0.3) is 0 Å². The van der Waals surface area contributed by atoms with Gasteiger partial charge in [0.2, 0.25) is 11.9 Å². The number of carbonyl (C=O) groups excluding carboxylic acids is 1. The van der Waals surface area contributed by atoms with Gasteiger partial charge in [-0.05, 0) is 18.2 Å². The van der Waals surface area contributed by atoms with E-state index in [1.807, 2.05) is 6.07 Å². The first kappa shape index (κ1) is 18.1. The third-order valence-electron chi connectivity index (χ3n) is 4.01. The Morgan fingerprint density at radius 1 is 1.32 bits per heavy atom. The number of H-pyrrole nitrogens is 1. The maximum atomic E-state index is 13.7. The Balaban J connectivity index is 1.50. The minimum Gasteiger partial charge on any atom is -0.334 e. The summed E-state index contributed by atoms with van der Waals surface area (Å²) in [5, 5.41) is 9.24. The molecule has 1 amide bonds. The first-order valence-electron chi connectivity index (χ1n) is 8.22. The number of hydrogen-bond donors (Lipinski definition) is 2. The summed E-state index contributed by atoms with van der Waals surface area (Å²) >= 11 is 1.34. The summed E-state index contributed by atoms with van der Waals surface area (Å²) < 4.78 is 27.2. The minimum atomic E-state index is -0.978. The molecule has 1 aromatic carbocycles. The molecule has 0 bridgehead atoms. The molecular weight excluding hydrogens is 386 g/mol. The summed E-state index contributed by atoms with van der Waals surface area (Å²) in [6.07, 6.45) is 1.62. The Morgan fingerprint density at radius 3 is 2.93 bits per heavy atom. The van der Waals surface area contributed by atoms with Crippen molar-refractivity contribution < 1.29 is 13.6 Å². The fourth-order valence-electron chi connectivity index (χ4n) is 2.69. The summed E-state index contributed by atoms with van der Waals surface area (Å²) in [7, 11) is 0. The van der Waals surface area contributed by atoms with Crippen molar-refractivity contribution in [1.29, 1.82) is 0 Å². The molecule has 142 valence electrons. The molecule has 3 aromatic rings. The summed E-state index contributed by atoms with van der Waals surface area (Å²) in [4.78, 5) is 22.9. The van der Waals surface area contributed by atoms with Crippen molar-refractivity contribution in [2.24, 2.45) is 0 Å². The number of hydrogen-bond acceptors (Lipinski definition) is 6. The predicted molar refractivity (Wildman–Crippen MR) is 102 cm³/mol. The quantitative estimate of drug-likeness (QED) is 0.699. The van der Waals surface area contributed by atoms with Crippen LogP contribution >= 0.6 is 11.8 Å². The third-order valence-corrected chi connectivity index (χ3v) is 5.13. The van der Waals surface area contributed by atoms with Gasteiger partial charge in [0.05, 0.1) is 5.69 Å². The lowest BCUT2D eigenvalue weighted by atomic mass is 10.2. The zero-order valence-corrected chi connectivity index (χ0v) is 15.3. The van der Waals surface area contributed by atoms with Gasteiger partial charge in [0.15, 0.2) is 17.5 Å². The SMILES string of the molecule is C=C1CSc2cc(F)c(F)cc2N1CC(=O)Nc1n[nH]c(-c2ccccn2)n1. The molecule has 4 rings (SSSR count). The molecule has 3 heterocycles. The van der Waals surface area contributed by atoms with Crippen molar-refractivity contribution in [1.82, 2.24) is 20.2 Å². The highest BCUT2D eigenvalue weighted by Crippen LogP contribution is 2.39. The molecule has 0 unspecified atom stereocenters. The molecule has 1 aliphatic rings. The summed E-state index contributed by atoms with van der Waals surface area (Å²) in [5.74, 6) is -1.35. The average molecular weight is 400 g/mol. The molecule has 2 aromatic heterocycles. The van der Waals surface area contributed by atoms with Gasteiger partial charge in [-0.25, -0.2) is 8.78 Å². The van der Waals surface area contributed by atoms with Crippen molar-refractivity contribution in [3.8, 4) is 11.5 Å². The summed E-state index contributed by atoms with van der Waals surface area (Å²) in [6.45, 7) is 3.78. The Bertz CT molecular complexity index is 1060. The van der Waals surface area contributed by atoms with Crippen LogP contribution in [-0.4, -0.2) is 38.4 Å². The maximum absolute atomic E-state index is 13.7. The molecule has 7 nitrogen and oxygen atoms in total. The zero-order valence-electron chi connectivity index (χ0n) is 14.4. The summed E-state index contributed by atoms with van der Waals surface area (Å²) in [5.41, 5.74) is 1.60. The number of nitrogens with zero attached hydrogens (tertiary/aromatic N) is 4. The minimum absolute atomic E-state index is 0.0909. The number of fused-ring (bicyclic) bond motifs is 1.